The van der Waals surface area contributed by atoms with E-state index >= 15 is 0 Å². The molecule has 0 saturated carbocycles. The number of aliphatic hydroxyl groups excluding tert-OH is 1. The molecule has 2 heterocycles. The molecule has 8 N–H and O–H groups in total. The molecule has 2 fully saturated rings. The van der Waals surface area contributed by atoms with Crippen molar-refractivity contribution in [2.45, 2.75) is 33.2 Å². The zero-order valence-electron chi connectivity index (χ0n) is 23.3. The molecule has 0 spiro atoms. The van der Waals surface area contributed by atoms with Gasteiger partial charge in [0.1, 0.15) is 19.0 Å². The van der Waals surface area contributed by atoms with Crippen LogP contribution >= 0.6 is 0 Å². The first kappa shape index (κ1) is 35.7. The fraction of sp³-hybridized carbons (Fsp3) is 0.464. The summed E-state index contributed by atoms with van der Waals surface area (Å²) in [5.41, 5.74) is 9.80. The predicted molar refractivity (Wildman–Crippen MR) is 148 cm³/mol. The minimum atomic E-state index is -0.819. The van der Waals surface area contributed by atoms with Crippen molar-refractivity contribution in [3.8, 4) is 0 Å². The number of aliphatic hydroxyl groups is 1. The molecular weight excluding hydrogens is 538 g/mol. The second kappa shape index (κ2) is 16.6. The van der Waals surface area contributed by atoms with E-state index in [0.717, 1.165) is 69.5 Å². The molecule has 9 nitrogen and oxygen atoms in total. The molecule has 206 valence electrons. The molecule has 0 atom stereocenters. The first-order valence-corrected chi connectivity index (χ1v) is 12.2. The Kier molecular flexibility index (Phi) is 15.6. The molecule has 0 unspecified atom stereocenters. The third-order valence-corrected chi connectivity index (χ3v) is 6.08. The summed E-state index contributed by atoms with van der Waals surface area (Å²) in [7, 11) is 0. The Labute approximate surface area is 239 Å². The van der Waals surface area contributed by atoms with Crippen LogP contribution in [0.5, 0.6) is 0 Å². The van der Waals surface area contributed by atoms with Gasteiger partial charge in [-0.25, -0.2) is 4.58 Å². The number of hydrogen-bond donors (Lipinski definition) is 3. The molecule has 0 aromatic heterocycles. The zero-order valence-corrected chi connectivity index (χ0v) is 26.3. The van der Waals surface area contributed by atoms with Gasteiger partial charge in [0.15, 0.2) is 18.8 Å². The Morgan fingerprint density at radius 3 is 1.92 bits per heavy atom. The van der Waals surface area contributed by atoms with Crippen molar-refractivity contribution < 1.29 is 49.2 Å². The van der Waals surface area contributed by atoms with Gasteiger partial charge in [-0.2, -0.15) is 0 Å². The quantitative estimate of drug-likeness (QED) is 0.280. The molecule has 38 heavy (non-hydrogen) atoms. The summed E-state index contributed by atoms with van der Waals surface area (Å²) < 4.78 is 12.9. The van der Waals surface area contributed by atoms with E-state index in [1.165, 1.54) is 5.69 Å². The second-order valence-electron chi connectivity index (χ2n) is 9.69. The standard InChI is InChI=1S/C14H20N2O2.C14H19NO2.H3N.H2O.Zn/c1-14(2,15)13(17)11-3-5-12(6-4-11)16-7-9-18-10-8-16;1-11(2)14(16)12-3-5-13(6-4-12)15-7-9-17-10-8-15;;;/h3-6H,7-10,15H2,1-2H3;3-6,16H,7-10H2,1-2H3;1H3;1H2;/q;;;;+2. The topological polar surface area (TPSA) is 161 Å². The van der Waals surface area contributed by atoms with Crippen LogP contribution < -0.4 is 21.9 Å². The van der Waals surface area contributed by atoms with Crippen molar-refractivity contribution in [1.29, 1.82) is 0 Å². The largest absolute Gasteiger partial charge is 2.00 e. The van der Waals surface area contributed by atoms with Gasteiger partial charge in [0.05, 0.1) is 13.2 Å². The van der Waals surface area contributed by atoms with Crippen LogP contribution in [0.25, 0.3) is 5.76 Å². The Morgan fingerprint density at radius 2 is 1.45 bits per heavy atom. The molecule has 10 heteroatoms. The summed E-state index contributed by atoms with van der Waals surface area (Å²) >= 11 is 0. The number of rotatable bonds is 3. The van der Waals surface area contributed by atoms with Crippen LogP contribution in [0.1, 0.15) is 33.3 Å². The number of hydrogen-bond acceptors (Lipinski definition) is 7. The number of morpholine rings is 2. The number of ether oxygens (including phenoxy) is 2. The molecule has 4 rings (SSSR count). The molecule has 1 aromatic rings. The van der Waals surface area contributed by atoms with Crippen LogP contribution in [0.2, 0.25) is 0 Å². The monoisotopic (exact) mass is 580 g/mol. The summed E-state index contributed by atoms with van der Waals surface area (Å²) in [4.78, 5) is 2.30. The average Bonchev–Trinajstić information content (AvgIpc) is 2.89. The molecule has 0 radical (unpaired) electrons. The summed E-state index contributed by atoms with van der Waals surface area (Å²) in [6.07, 6.45) is 7.65. The van der Waals surface area contributed by atoms with Crippen molar-refractivity contribution in [3.63, 3.8) is 0 Å². The average molecular weight is 582 g/mol. The zero-order chi connectivity index (χ0) is 25.4. The first-order chi connectivity index (χ1) is 16.7. The SMILES string of the molecule is CC(C)(N)C([O-])=C1C=CC(=[N+]2CCOCC2)C=C1.CC(C)=C(O)c1ccc(N2CCOCC2)cc1.N.O.[Zn+2]. The third-order valence-electron chi connectivity index (χ3n) is 6.08. The van der Waals surface area contributed by atoms with Gasteiger partial charge < -0.3 is 41.9 Å². The Balaban J connectivity index is 0.000000669. The molecule has 1 aliphatic carbocycles. The van der Waals surface area contributed by atoms with E-state index in [-0.39, 0.29) is 36.9 Å². The molecule has 1 aromatic carbocycles. The van der Waals surface area contributed by atoms with E-state index in [1.54, 1.807) is 13.8 Å². The van der Waals surface area contributed by atoms with Crippen molar-refractivity contribution in [2.75, 3.05) is 57.5 Å². The van der Waals surface area contributed by atoms with E-state index in [1.807, 2.05) is 50.3 Å². The normalized spacial score (nSPS) is 16.8. The number of benzene rings is 1. The van der Waals surface area contributed by atoms with E-state index in [9.17, 15) is 10.2 Å². The molecule has 2 saturated heterocycles. The van der Waals surface area contributed by atoms with Crippen LogP contribution in [-0.2, 0) is 29.0 Å². The van der Waals surface area contributed by atoms with E-state index < -0.39 is 5.54 Å². The predicted octanol–water partition coefficient (Wildman–Crippen LogP) is 2.11. The maximum Gasteiger partial charge on any atom is 2.00 e. The van der Waals surface area contributed by atoms with E-state index in [0.29, 0.717) is 11.3 Å². The molecule has 0 bridgehead atoms. The van der Waals surface area contributed by atoms with E-state index in [2.05, 4.69) is 21.6 Å². The number of anilines is 1. The van der Waals surface area contributed by atoms with Gasteiger partial charge in [-0.15, -0.1) is 5.76 Å². The molecular formula is C28H44N4O5Zn+2. The van der Waals surface area contributed by atoms with Gasteiger partial charge in [0.25, 0.3) is 0 Å². The smallest absolute Gasteiger partial charge is 0.874 e. The fourth-order valence-electron chi connectivity index (χ4n) is 3.96. The van der Waals surface area contributed by atoms with Gasteiger partial charge in [-0.3, -0.25) is 0 Å². The minimum Gasteiger partial charge on any atom is -0.874 e. The number of nitrogens with two attached hydrogens (primary N) is 1. The van der Waals surface area contributed by atoms with Crippen LogP contribution in [-0.4, -0.2) is 79.0 Å². The van der Waals surface area contributed by atoms with Crippen molar-refractivity contribution in [1.82, 2.24) is 6.15 Å². The van der Waals surface area contributed by atoms with Gasteiger partial charge in [-0.1, -0.05) is 0 Å². The van der Waals surface area contributed by atoms with Gasteiger partial charge in [0.2, 0.25) is 0 Å². The van der Waals surface area contributed by atoms with Crippen LogP contribution in [0, 0.1) is 0 Å². The van der Waals surface area contributed by atoms with E-state index in [4.69, 9.17) is 15.2 Å². The Hall–Kier alpha value is -2.33. The number of allylic oxidation sites excluding steroid dienone is 6. The minimum absolute atomic E-state index is 0. The van der Waals surface area contributed by atoms with Gasteiger partial charge in [-0.05, 0) is 75.3 Å². The summed E-state index contributed by atoms with van der Waals surface area (Å²) in [6.45, 7) is 14.1. The summed E-state index contributed by atoms with van der Waals surface area (Å²) in [5.74, 6) is 0.342. The summed E-state index contributed by atoms with van der Waals surface area (Å²) in [6, 6.07) is 8.04. The third kappa shape index (κ3) is 10.1. The van der Waals surface area contributed by atoms with Crippen molar-refractivity contribution >= 4 is 17.2 Å². The Bertz CT molecular complexity index is 1000. The molecule has 0 amide bonds. The molecule has 3 aliphatic rings. The van der Waals surface area contributed by atoms with Crippen LogP contribution in [0.4, 0.5) is 5.69 Å². The summed E-state index contributed by atoms with van der Waals surface area (Å²) in [5, 5.41) is 21.8. The van der Waals surface area contributed by atoms with Crippen LogP contribution in [0.15, 0.2) is 65.5 Å². The first-order valence-electron chi connectivity index (χ1n) is 12.2. The molecule has 2 aliphatic heterocycles. The van der Waals surface area contributed by atoms with Gasteiger partial charge in [0, 0.05) is 42.0 Å². The van der Waals surface area contributed by atoms with Crippen LogP contribution in [0.3, 0.4) is 0 Å². The van der Waals surface area contributed by atoms with Crippen molar-refractivity contribution in [3.05, 3.63) is 71.0 Å². The second-order valence-corrected chi connectivity index (χ2v) is 9.69. The fourth-order valence-corrected chi connectivity index (χ4v) is 3.96. The van der Waals surface area contributed by atoms with Crippen molar-refractivity contribution in [2.24, 2.45) is 5.73 Å². The van der Waals surface area contributed by atoms with Gasteiger partial charge >= 0.3 is 19.5 Å². The Morgan fingerprint density at radius 1 is 0.947 bits per heavy atom. The maximum absolute atomic E-state index is 12.0. The number of nitrogens with zero attached hydrogens (tertiary/aromatic N) is 2. The maximum atomic E-state index is 12.0.